The zero-order chi connectivity index (χ0) is 22.0. The van der Waals surface area contributed by atoms with Gasteiger partial charge in [0.25, 0.3) is 5.89 Å². The molecule has 2 heterocycles. The van der Waals surface area contributed by atoms with Gasteiger partial charge in [-0.15, -0.1) is 10.2 Å². The minimum atomic E-state index is -0.717. The van der Waals surface area contributed by atoms with Crippen molar-refractivity contribution in [2.45, 2.75) is 26.9 Å². The molecule has 1 atom stereocenters. The SMILES string of the molecule is COc1ccc(-c2nnc([C@@H](C)OC(=O)c3c(C)nn(-c4ccccc4)c3C)o2)cc1. The van der Waals surface area contributed by atoms with Crippen molar-refractivity contribution < 1.29 is 18.7 Å². The van der Waals surface area contributed by atoms with Crippen LogP contribution in [0.3, 0.4) is 0 Å². The van der Waals surface area contributed by atoms with E-state index in [1.165, 1.54) is 0 Å². The van der Waals surface area contributed by atoms with Gasteiger partial charge in [-0.3, -0.25) is 0 Å². The normalized spacial score (nSPS) is 11.9. The van der Waals surface area contributed by atoms with Crippen LogP contribution in [-0.2, 0) is 4.74 Å². The van der Waals surface area contributed by atoms with E-state index >= 15 is 0 Å². The molecule has 0 aliphatic heterocycles. The summed E-state index contributed by atoms with van der Waals surface area (Å²) >= 11 is 0. The number of rotatable bonds is 6. The van der Waals surface area contributed by atoms with Gasteiger partial charge in [-0.1, -0.05) is 18.2 Å². The minimum Gasteiger partial charge on any atom is -0.497 e. The number of para-hydroxylation sites is 1. The molecule has 0 radical (unpaired) electrons. The lowest BCUT2D eigenvalue weighted by Crippen LogP contribution is -2.11. The highest BCUT2D eigenvalue weighted by Gasteiger charge is 2.25. The molecule has 0 spiro atoms. The highest BCUT2D eigenvalue weighted by Crippen LogP contribution is 2.26. The third-order valence-corrected chi connectivity index (χ3v) is 4.91. The summed E-state index contributed by atoms with van der Waals surface area (Å²) in [4.78, 5) is 12.9. The average molecular weight is 418 g/mol. The molecule has 0 aliphatic rings. The largest absolute Gasteiger partial charge is 0.497 e. The highest BCUT2D eigenvalue weighted by molar-refractivity contribution is 5.92. The van der Waals surface area contributed by atoms with E-state index in [0.29, 0.717) is 22.8 Å². The van der Waals surface area contributed by atoms with E-state index in [1.807, 2.05) is 49.4 Å². The number of hydrogen-bond donors (Lipinski definition) is 0. The molecule has 0 bridgehead atoms. The summed E-state index contributed by atoms with van der Waals surface area (Å²) in [6.45, 7) is 5.31. The van der Waals surface area contributed by atoms with Crippen LogP contribution >= 0.6 is 0 Å². The maximum Gasteiger partial charge on any atom is 0.342 e. The molecular formula is C23H22N4O4. The van der Waals surface area contributed by atoms with Gasteiger partial charge in [0.2, 0.25) is 5.89 Å². The first-order chi connectivity index (χ1) is 15.0. The van der Waals surface area contributed by atoms with Gasteiger partial charge in [-0.25, -0.2) is 9.48 Å². The molecule has 31 heavy (non-hydrogen) atoms. The van der Waals surface area contributed by atoms with Crippen molar-refractivity contribution in [3.8, 4) is 22.9 Å². The number of hydrogen-bond acceptors (Lipinski definition) is 7. The Morgan fingerprint density at radius 1 is 1.03 bits per heavy atom. The zero-order valence-electron chi connectivity index (χ0n) is 17.7. The number of aryl methyl sites for hydroxylation is 1. The molecule has 4 rings (SSSR count). The highest BCUT2D eigenvalue weighted by atomic mass is 16.6. The molecule has 0 aliphatic carbocycles. The van der Waals surface area contributed by atoms with Crippen LogP contribution in [0.4, 0.5) is 0 Å². The van der Waals surface area contributed by atoms with Crippen LogP contribution in [0.25, 0.3) is 17.1 Å². The van der Waals surface area contributed by atoms with E-state index in [-0.39, 0.29) is 5.89 Å². The minimum absolute atomic E-state index is 0.213. The van der Waals surface area contributed by atoms with Crippen LogP contribution in [0, 0.1) is 13.8 Å². The number of methoxy groups -OCH3 is 1. The molecule has 0 N–H and O–H groups in total. The van der Waals surface area contributed by atoms with Gasteiger partial charge in [-0.05, 0) is 57.2 Å². The van der Waals surface area contributed by atoms with E-state index in [2.05, 4.69) is 15.3 Å². The number of esters is 1. The molecule has 8 heteroatoms. The lowest BCUT2D eigenvalue weighted by Gasteiger charge is -2.10. The second-order valence-corrected chi connectivity index (χ2v) is 7.01. The lowest BCUT2D eigenvalue weighted by molar-refractivity contribution is 0.0278. The van der Waals surface area contributed by atoms with Crippen molar-refractivity contribution in [2.24, 2.45) is 0 Å². The number of nitrogens with zero attached hydrogens (tertiary/aromatic N) is 4. The standard InChI is InChI=1S/C23H22N4O4/c1-14-20(15(2)27(26-14)18-8-6-5-7-9-18)23(28)30-16(3)21-24-25-22(31-21)17-10-12-19(29-4)13-11-17/h5-13,16H,1-4H3/t16-/m1/s1. The molecule has 8 nitrogen and oxygen atoms in total. The smallest absolute Gasteiger partial charge is 0.342 e. The summed E-state index contributed by atoms with van der Waals surface area (Å²) in [6.07, 6.45) is -0.717. The molecule has 158 valence electrons. The van der Waals surface area contributed by atoms with Crippen LogP contribution < -0.4 is 4.74 Å². The third kappa shape index (κ3) is 4.05. The Hall–Kier alpha value is -3.94. The van der Waals surface area contributed by atoms with Gasteiger partial charge in [0, 0.05) is 5.56 Å². The predicted octanol–water partition coefficient (Wildman–Crippen LogP) is 4.47. The maximum absolute atomic E-state index is 12.9. The fourth-order valence-corrected chi connectivity index (χ4v) is 3.28. The van der Waals surface area contributed by atoms with Crippen molar-refractivity contribution in [3.63, 3.8) is 0 Å². The van der Waals surface area contributed by atoms with E-state index in [9.17, 15) is 4.79 Å². The van der Waals surface area contributed by atoms with Gasteiger partial charge < -0.3 is 13.9 Å². The maximum atomic E-state index is 12.9. The third-order valence-electron chi connectivity index (χ3n) is 4.91. The van der Waals surface area contributed by atoms with Crippen LogP contribution in [-0.4, -0.2) is 33.1 Å². The summed E-state index contributed by atoms with van der Waals surface area (Å²) in [7, 11) is 1.60. The first-order valence-corrected chi connectivity index (χ1v) is 9.78. The van der Waals surface area contributed by atoms with Crippen molar-refractivity contribution >= 4 is 5.97 Å². The average Bonchev–Trinajstić information content (AvgIpc) is 3.39. The Balaban J connectivity index is 1.52. The molecule has 4 aromatic rings. The van der Waals surface area contributed by atoms with Gasteiger partial charge in [-0.2, -0.15) is 5.10 Å². The molecule has 0 fully saturated rings. The van der Waals surface area contributed by atoms with Crippen molar-refractivity contribution in [1.82, 2.24) is 20.0 Å². The Morgan fingerprint density at radius 2 is 1.74 bits per heavy atom. The topological polar surface area (TPSA) is 92.3 Å². The Morgan fingerprint density at radius 3 is 2.42 bits per heavy atom. The number of ether oxygens (including phenoxy) is 2. The van der Waals surface area contributed by atoms with Gasteiger partial charge in [0.1, 0.15) is 11.3 Å². The van der Waals surface area contributed by atoms with E-state index in [0.717, 1.165) is 17.0 Å². The number of benzene rings is 2. The quantitative estimate of drug-likeness (QED) is 0.427. The molecular weight excluding hydrogens is 396 g/mol. The van der Waals surface area contributed by atoms with E-state index in [4.69, 9.17) is 13.9 Å². The van der Waals surface area contributed by atoms with Gasteiger partial charge in [0.05, 0.1) is 24.2 Å². The molecule has 2 aromatic heterocycles. The van der Waals surface area contributed by atoms with E-state index in [1.54, 1.807) is 37.8 Å². The van der Waals surface area contributed by atoms with Gasteiger partial charge in [0.15, 0.2) is 6.10 Å². The molecule has 0 unspecified atom stereocenters. The Labute approximate surface area is 179 Å². The Kier molecular flexibility index (Phi) is 5.53. The van der Waals surface area contributed by atoms with Crippen LogP contribution in [0.5, 0.6) is 5.75 Å². The Bertz CT molecular complexity index is 1200. The molecule has 0 saturated carbocycles. The second-order valence-electron chi connectivity index (χ2n) is 7.01. The van der Waals surface area contributed by atoms with Crippen molar-refractivity contribution in [1.29, 1.82) is 0 Å². The van der Waals surface area contributed by atoms with Crippen LogP contribution in [0.1, 0.15) is 40.7 Å². The summed E-state index contributed by atoms with van der Waals surface area (Å²) in [6, 6.07) is 16.9. The summed E-state index contributed by atoms with van der Waals surface area (Å²) in [5.41, 5.74) is 3.32. The first-order valence-electron chi connectivity index (χ1n) is 9.78. The number of carbonyl (C=O) groups excluding carboxylic acids is 1. The monoisotopic (exact) mass is 418 g/mol. The summed E-state index contributed by atoms with van der Waals surface area (Å²) in [5.74, 6) is 0.788. The van der Waals surface area contributed by atoms with Gasteiger partial charge >= 0.3 is 5.97 Å². The fraction of sp³-hybridized carbons (Fsp3) is 0.217. The number of carbonyl (C=O) groups is 1. The predicted molar refractivity (Wildman–Crippen MR) is 113 cm³/mol. The van der Waals surface area contributed by atoms with Crippen molar-refractivity contribution in [2.75, 3.05) is 7.11 Å². The lowest BCUT2D eigenvalue weighted by atomic mass is 10.2. The molecule has 2 aromatic carbocycles. The van der Waals surface area contributed by atoms with Crippen LogP contribution in [0.2, 0.25) is 0 Å². The second kappa shape index (κ2) is 8.43. The molecule has 0 saturated heterocycles. The summed E-state index contributed by atoms with van der Waals surface area (Å²) in [5, 5.41) is 12.6. The fourth-order valence-electron chi connectivity index (χ4n) is 3.28. The first kappa shape index (κ1) is 20.3. The van der Waals surface area contributed by atoms with E-state index < -0.39 is 12.1 Å². The number of aromatic nitrogens is 4. The zero-order valence-corrected chi connectivity index (χ0v) is 17.7. The molecule has 0 amide bonds. The van der Waals surface area contributed by atoms with Crippen LogP contribution in [0.15, 0.2) is 59.0 Å². The van der Waals surface area contributed by atoms with Crippen molar-refractivity contribution in [3.05, 3.63) is 77.4 Å². The summed E-state index contributed by atoms with van der Waals surface area (Å²) < 4.78 is 18.2.